The number of nitro benzene ring substituents is 1. The van der Waals surface area contributed by atoms with Gasteiger partial charge in [-0.25, -0.2) is 4.98 Å². The molecule has 0 fully saturated rings. The fraction of sp³-hybridized carbons (Fsp3) is 0.227. The van der Waals surface area contributed by atoms with Gasteiger partial charge in [-0.2, -0.15) is 0 Å². The van der Waals surface area contributed by atoms with Crippen LogP contribution in [0, 0.1) is 24.0 Å². The molecule has 32 heavy (non-hydrogen) atoms. The first-order chi connectivity index (χ1) is 15.3. The van der Waals surface area contributed by atoms with Crippen molar-refractivity contribution in [2.24, 2.45) is 0 Å². The molecule has 0 saturated carbocycles. The van der Waals surface area contributed by atoms with Crippen LogP contribution in [0.15, 0.2) is 47.8 Å². The van der Waals surface area contributed by atoms with Crippen LogP contribution in [0.2, 0.25) is 0 Å². The normalized spacial score (nSPS) is 10.4. The molecule has 1 heterocycles. The summed E-state index contributed by atoms with van der Waals surface area (Å²) < 4.78 is 5.77. The molecule has 0 bridgehead atoms. The number of nitrogens with zero attached hydrogens (tertiary/aromatic N) is 2. The molecular formula is C22H22N4O5S. The van der Waals surface area contributed by atoms with Crippen LogP contribution in [0.1, 0.15) is 37.0 Å². The number of hydrogen-bond acceptors (Lipinski definition) is 7. The van der Waals surface area contributed by atoms with Crippen LogP contribution in [0.4, 0.5) is 5.69 Å². The van der Waals surface area contributed by atoms with Gasteiger partial charge in [0.2, 0.25) is 0 Å². The Balaban J connectivity index is 1.42. The van der Waals surface area contributed by atoms with Gasteiger partial charge >= 0.3 is 0 Å². The van der Waals surface area contributed by atoms with E-state index in [0.717, 1.165) is 16.9 Å². The molecule has 0 aliphatic heterocycles. The minimum atomic E-state index is -0.531. The maximum atomic E-state index is 12.3. The number of benzene rings is 2. The topological polar surface area (TPSA) is 123 Å². The number of non-ortho nitro benzene ring substituents is 1. The van der Waals surface area contributed by atoms with Crippen molar-refractivity contribution in [3.05, 3.63) is 85.4 Å². The second kappa shape index (κ2) is 10.5. The molecule has 0 radical (unpaired) electrons. The Hall–Kier alpha value is -3.79. The van der Waals surface area contributed by atoms with Crippen LogP contribution >= 0.6 is 11.3 Å². The molecule has 0 spiro atoms. The summed E-state index contributed by atoms with van der Waals surface area (Å²) in [5, 5.41) is 18.3. The van der Waals surface area contributed by atoms with Crippen molar-refractivity contribution in [3.8, 4) is 5.75 Å². The maximum absolute atomic E-state index is 12.3. The molecule has 10 heteroatoms. The third-order valence-corrected chi connectivity index (χ3v) is 5.20. The molecule has 1 aromatic heterocycles. The number of carbonyl (C=O) groups excluding carboxylic acids is 2. The van der Waals surface area contributed by atoms with E-state index in [-0.39, 0.29) is 42.9 Å². The molecule has 9 nitrogen and oxygen atoms in total. The second-order valence-electron chi connectivity index (χ2n) is 7.05. The molecule has 0 aliphatic carbocycles. The molecule has 0 unspecified atom stereocenters. The molecule has 2 N–H and O–H groups in total. The van der Waals surface area contributed by atoms with E-state index in [4.69, 9.17) is 4.74 Å². The van der Waals surface area contributed by atoms with Crippen molar-refractivity contribution in [2.75, 3.05) is 13.1 Å². The summed E-state index contributed by atoms with van der Waals surface area (Å²) in [7, 11) is 0. The summed E-state index contributed by atoms with van der Waals surface area (Å²) in [6, 6.07) is 11.2. The largest absolute Gasteiger partial charge is 0.486 e. The third-order valence-electron chi connectivity index (χ3n) is 4.38. The minimum absolute atomic E-state index is 0.0872. The molecule has 3 rings (SSSR count). The number of aryl methyl sites for hydroxylation is 2. The van der Waals surface area contributed by atoms with E-state index >= 15 is 0 Å². The van der Waals surface area contributed by atoms with Crippen molar-refractivity contribution >= 4 is 28.8 Å². The highest BCUT2D eigenvalue weighted by molar-refractivity contribution is 7.09. The van der Waals surface area contributed by atoms with Gasteiger partial charge in [0, 0.05) is 36.2 Å². The number of amides is 2. The number of thiazole rings is 1. The number of nitrogens with one attached hydrogen (secondary N) is 2. The highest BCUT2D eigenvalue weighted by Gasteiger charge is 2.12. The molecule has 3 aromatic rings. The summed E-state index contributed by atoms with van der Waals surface area (Å²) in [6.07, 6.45) is 0. The summed E-state index contributed by atoms with van der Waals surface area (Å²) in [5.74, 6) is 0.0320. The lowest BCUT2D eigenvalue weighted by atomic mass is 10.1. The Bertz CT molecular complexity index is 1110. The first-order valence-corrected chi connectivity index (χ1v) is 10.7. The van der Waals surface area contributed by atoms with Gasteiger partial charge in [0.15, 0.2) is 0 Å². The van der Waals surface area contributed by atoms with Gasteiger partial charge in [-0.1, -0.05) is 6.07 Å². The fourth-order valence-electron chi connectivity index (χ4n) is 2.92. The lowest BCUT2D eigenvalue weighted by molar-refractivity contribution is -0.384. The Morgan fingerprint density at radius 3 is 2.28 bits per heavy atom. The van der Waals surface area contributed by atoms with Crippen LogP contribution in [0.25, 0.3) is 0 Å². The van der Waals surface area contributed by atoms with E-state index in [2.05, 4.69) is 21.7 Å². The van der Waals surface area contributed by atoms with Gasteiger partial charge in [0.1, 0.15) is 23.1 Å². The van der Waals surface area contributed by atoms with Crippen molar-refractivity contribution in [1.29, 1.82) is 0 Å². The number of ether oxygens (including phenoxy) is 1. The van der Waals surface area contributed by atoms with Crippen LogP contribution in [-0.2, 0) is 6.61 Å². The molecule has 2 amide bonds. The molecule has 0 atom stereocenters. The van der Waals surface area contributed by atoms with Gasteiger partial charge in [-0.3, -0.25) is 19.7 Å². The summed E-state index contributed by atoms with van der Waals surface area (Å²) in [6.45, 7) is 4.68. The van der Waals surface area contributed by atoms with Crippen molar-refractivity contribution in [2.45, 2.75) is 20.5 Å². The van der Waals surface area contributed by atoms with Gasteiger partial charge in [0.25, 0.3) is 17.5 Å². The van der Waals surface area contributed by atoms with Gasteiger partial charge in [0.05, 0.1) is 4.92 Å². The van der Waals surface area contributed by atoms with Gasteiger partial charge < -0.3 is 15.4 Å². The first-order valence-electron chi connectivity index (χ1n) is 9.78. The number of aromatic nitrogens is 1. The quantitative estimate of drug-likeness (QED) is 0.290. The number of hydrogen-bond donors (Lipinski definition) is 2. The molecule has 0 saturated heterocycles. The lowest BCUT2D eigenvalue weighted by Crippen LogP contribution is -2.34. The van der Waals surface area contributed by atoms with Crippen LogP contribution in [0.5, 0.6) is 5.75 Å². The van der Waals surface area contributed by atoms with E-state index in [9.17, 15) is 19.7 Å². The van der Waals surface area contributed by atoms with Crippen molar-refractivity contribution in [1.82, 2.24) is 15.6 Å². The van der Waals surface area contributed by atoms with Crippen LogP contribution < -0.4 is 15.4 Å². The Morgan fingerprint density at radius 1 is 1.03 bits per heavy atom. The summed E-state index contributed by atoms with van der Waals surface area (Å²) in [4.78, 5) is 38.7. The molecule has 2 aromatic carbocycles. The van der Waals surface area contributed by atoms with E-state index in [0.29, 0.717) is 10.6 Å². The maximum Gasteiger partial charge on any atom is 0.270 e. The molecular weight excluding hydrogens is 432 g/mol. The Labute approximate surface area is 188 Å². The van der Waals surface area contributed by atoms with E-state index < -0.39 is 4.92 Å². The zero-order valence-electron chi connectivity index (χ0n) is 17.6. The van der Waals surface area contributed by atoms with Crippen LogP contribution in [0.3, 0.4) is 0 Å². The minimum Gasteiger partial charge on any atom is -0.486 e. The van der Waals surface area contributed by atoms with Gasteiger partial charge in [-0.15, -0.1) is 11.3 Å². The van der Waals surface area contributed by atoms with Crippen LogP contribution in [-0.4, -0.2) is 34.8 Å². The highest BCUT2D eigenvalue weighted by Crippen LogP contribution is 2.19. The van der Waals surface area contributed by atoms with E-state index in [1.807, 2.05) is 26.0 Å². The zero-order valence-corrected chi connectivity index (χ0v) is 18.4. The standard InChI is InChI=1S/C22H22N4O5S/c1-14-9-15(2)11-18(10-14)31-12-20-25-19(13-32-20)22(28)24-8-7-23-21(27)16-3-5-17(6-4-16)26(29)30/h3-6,9-11,13H,7-8,12H2,1-2H3,(H,23,27)(H,24,28). The SMILES string of the molecule is Cc1cc(C)cc(OCc2nc(C(=O)NCCNC(=O)c3ccc([N+](=O)[O-])cc3)cs2)c1. The van der Waals surface area contributed by atoms with Crippen molar-refractivity contribution < 1.29 is 19.2 Å². The highest BCUT2D eigenvalue weighted by atomic mass is 32.1. The van der Waals surface area contributed by atoms with E-state index in [1.54, 1.807) is 5.38 Å². The zero-order chi connectivity index (χ0) is 23.1. The predicted octanol–water partition coefficient (Wildman–Crippen LogP) is 3.41. The predicted molar refractivity (Wildman–Crippen MR) is 120 cm³/mol. The Kier molecular flexibility index (Phi) is 7.50. The van der Waals surface area contributed by atoms with Crippen molar-refractivity contribution in [3.63, 3.8) is 0 Å². The number of carbonyl (C=O) groups is 2. The average molecular weight is 455 g/mol. The average Bonchev–Trinajstić information content (AvgIpc) is 3.23. The second-order valence-corrected chi connectivity index (χ2v) is 8.00. The lowest BCUT2D eigenvalue weighted by Gasteiger charge is -2.07. The monoisotopic (exact) mass is 454 g/mol. The van der Waals surface area contributed by atoms with Gasteiger partial charge in [-0.05, 0) is 49.2 Å². The summed E-state index contributed by atoms with van der Waals surface area (Å²) >= 11 is 1.34. The Morgan fingerprint density at radius 2 is 1.66 bits per heavy atom. The third kappa shape index (κ3) is 6.35. The first kappa shape index (κ1) is 22.9. The smallest absolute Gasteiger partial charge is 0.270 e. The molecule has 0 aliphatic rings. The summed E-state index contributed by atoms with van der Waals surface area (Å²) in [5.41, 5.74) is 2.72. The number of rotatable bonds is 9. The number of nitro groups is 1. The van der Waals surface area contributed by atoms with E-state index in [1.165, 1.54) is 35.6 Å². The fourth-order valence-corrected chi connectivity index (χ4v) is 3.61. The molecule has 166 valence electrons.